The number of hydrogen-bond acceptors (Lipinski definition) is 5. The first-order chi connectivity index (χ1) is 13.7. The van der Waals surface area contributed by atoms with Gasteiger partial charge in [-0.25, -0.2) is 9.67 Å². The molecule has 1 heterocycles. The van der Waals surface area contributed by atoms with E-state index in [-0.39, 0.29) is 11.9 Å². The van der Waals surface area contributed by atoms with Crippen LogP contribution in [0.1, 0.15) is 22.8 Å². The number of halogens is 1. The minimum atomic E-state index is -0.327. The second-order valence-corrected chi connectivity index (χ2v) is 6.81. The smallest absolute Gasteiger partial charge is 0.261 e. The van der Waals surface area contributed by atoms with Crippen LogP contribution in [0, 0.1) is 0 Å². The van der Waals surface area contributed by atoms with Crippen molar-refractivity contribution >= 4 is 27.8 Å². The molecule has 1 aromatic heterocycles. The summed E-state index contributed by atoms with van der Waals surface area (Å²) in [5, 5.41) is 7.03. The summed E-state index contributed by atoms with van der Waals surface area (Å²) in [5.41, 5.74) is 1.49. The summed E-state index contributed by atoms with van der Waals surface area (Å²) in [5.74, 6) is 0.407. The number of carbonyl (C=O) groups is 1. The molecule has 1 amide bonds. The largest absolute Gasteiger partial charge is 0.490 e. The highest BCUT2D eigenvalue weighted by Gasteiger charge is 2.14. The van der Waals surface area contributed by atoms with Gasteiger partial charge in [0, 0.05) is 11.1 Å². The molecule has 0 atom stereocenters. The highest BCUT2D eigenvalue weighted by atomic mass is 79.9. The van der Waals surface area contributed by atoms with Crippen LogP contribution >= 0.6 is 15.9 Å². The molecule has 0 unspecified atom stereocenters. The first-order valence-electron chi connectivity index (χ1n) is 8.90. The maximum atomic E-state index is 12.6. The number of anilines is 1. The molecule has 146 valence electrons. The summed E-state index contributed by atoms with van der Waals surface area (Å²) in [7, 11) is 0. The Hall–Kier alpha value is -2.71. The van der Waals surface area contributed by atoms with Gasteiger partial charge in [-0.1, -0.05) is 40.2 Å². The van der Waals surface area contributed by atoms with Gasteiger partial charge >= 0.3 is 0 Å². The van der Waals surface area contributed by atoms with E-state index in [9.17, 15) is 4.79 Å². The fourth-order valence-corrected chi connectivity index (χ4v) is 3.00. The zero-order chi connectivity index (χ0) is 19.8. The normalized spacial score (nSPS) is 10.6. The quantitative estimate of drug-likeness (QED) is 0.508. The number of ether oxygens (including phenoxy) is 2. The highest BCUT2D eigenvalue weighted by Crippen LogP contribution is 2.19. The molecule has 3 rings (SSSR count). The van der Waals surface area contributed by atoms with Crippen molar-refractivity contribution in [3.8, 4) is 5.75 Å². The van der Waals surface area contributed by atoms with E-state index in [1.165, 1.54) is 0 Å². The molecule has 0 aliphatic heterocycles. The number of nitrogens with zero attached hydrogens (tertiary/aromatic N) is 3. The number of carbonyl (C=O) groups excluding carboxylic acids is 1. The van der Waals surface area contributed by atoms with E-state index in [2.05, 4.69) is 31.3 Å². The van der Waals surface area contributed by atoms with Gasteiger partial charge in [0.15, 0.2) is 0 Å². The Morgan fingerprint density at radius 2 is 2.04 bits per heavy atom. The van der Waals surface area contributed by atoms with Crippen LogP contribution in [-0.4, -0.2) is 40.5 Å². The van der Waals surface area contributed by atoms with Crippen molar-refractivity contribution in [1.29, 1.82) is 0 Å². The van der Waals surface area contributed by atoms with Crippen molar-refractivity contribution in [1.82, 2.24) is 14.8 Å². The molecular weight excluding hydrogens is 424 g/mol. The molecule has 1 N–H and O–H groups in total. The Morgan fingerprint density at radius 3 is 2.86 bits per heavy atom. The van der Waals surface area contributed by atoms with Gasteiger partial charge in [-0.3, -0.25) is 10.1 Å². The second-order valence-electron chi connectivity index (χ2n) is 5.89. The van der Waals surface area contributed by atoms with Gasteiger partial charge < -0.3 is 9.47 Å². The van der Waals surface area contributed by atoms with E-state index in [1.807, 2.05) is 37.3 Å². The van der Waals surface area contributed by atoms with Gasteiger partial charge in [-0.2, -0.15) is 0 Å². The van der Waals surface area contributed by atoms with Gasteiger partial charge in [0.2, 0.25) is 5.95 Å². The zero-order valence-electron chi connectivity index (χ0n) is 15.5. The van der Waals surface area contributed by atoms with Gasteiger partial charge in [-0.05, 0) is 36.8 Å². The summed E-state index contributed by atoms with van der Waals surface area (Å²) in [4.78, 5) is 16.8. The molecule has 3 aromatic rings. The number of rotatable bonds is 9. The summed E-state index contributed by atoms with van der Waals surface area (Å²) in [6.45, 7) is 3.94. The summed E-state index contributed by atoms with van der Waals surface area (Å²) < 4.78 is 13.6. The van der Waals surface area contributed by atoms with Crippen LogP contribution in [0.25, 0.3) is 0 Å². The Labute approximate surface area is 171 Å². The van der Waals surface area contributed by atoms with Gasteiger partial charge in [0.1, 0.15) is 18.7 Å². The lowest BCUT2D eigenvalue weighted by atomic mass is 10.2. The first-order valence-corrected chi connectivity index (χ1v) is 9.70. The molecule has 0 bridgehead atoms. The lowest BCUT2D eigenvalue weighted by Crippen LogP contribution is -2.16. The second kappa shape index (κ2) is 10.0. The third kappa shape index (κ3) is 5.64. The van der Waals surface area contributed by atoms with Crippen molar-refractivity contribution in [3.05, 3.63) is 70.5 Å². The van der Waals surface area contributed by atoms with Crippen LogP contribution in [0.3, 0.4) is 0 Å². The molecule has 0 aliphatic carbocycles. The van der Waals surface area contributed by atoms with Crippen molar-refractivity contribution < 1.29 is 14.3 Å². The number of para-hydroxylation sites is 1. The average molecular weight is 445 g/mol. The number of nitrogens with one attached hydrogen (secondary N) is 1. The lowest BCUT2D eigenvalue weighted by Gasteiger charge is -2.10. The van der Waals surface area contributed by atoms with E-state index in [0.29, 0.717) is 37.7 Å². The molecule has 0 spiro atoms. The van der Waals surface area contributed by atoms with Crippen LogP contribution in [0.15, 0.2) is 59.3 Å². The fourth-order valence-electron chi connectivity index (χ4n) is 2.55. The third-order valence-corrected chi connectivity index (χ3v) is 4.31. The van der Waals surface area contributed by atoms with Gasteiger partial charge in [0.05, 0.1) is 18.7 Å². The fraction of sp³-hybridized carbons (Fsp3) is 0.250. The zero-order valence-corrected chi connectivity index (χ0v) is 17.1. The topological polar surface area (TPSA) is 78.3 Å². The number of hydrogen-bond donors (Lipinski definition) is 1. The molecule has 0 saturated heterocycles. The molecule has 8 heteroatoms. The molecule has 0 aliphatic rings. The molecule has 28 heavy (non-hydrogen) atoms. The molecule has 0 saturated carbocycles. The summed E-state index contributed by atoms with van der Waals surface area (Å²) in [6, 6.07) is 15.0. The van der Waals surface area contributed by atoms with Crippen LogP contribution in [-0.2, 0) is 11.3 Å². The van der Waals surface area contributed by atoms with Crippen LogP contribution < -0.4 is 10.1 Å². The molecule has 7 nitrogen and oxygen atoms in total. The minimum Gasteiger partial charge on any atom is -0.490 e. The van der Waals surface area contributed by atoms with Crippen molar-refractivity contribution in [2.45, 2.75) is 13.5 Å². The van der Waals surface area contributed by atoms with Crippen molar-refractivity contribution in [2.75, 3.05) is 25.1 Å². The number of benzene rings is 2. The van der Waals surface area contributed by atoms with Crippen LogP contribution in [0.4, 0.5) is 5.95 Å². The number of aromatic nitrogens is 3. The summed E-state index contributed by atoms with van der Waals surface area (Å²) in [6.07, 6.45) is 1.58. The van der Waals surface area contributed by atoms with E-state index in [4.69, 9.17) is 9.47 Å². The van der Waals surface area contributed by atoms with E-state index < -0.39 is 0 Å². The predicted octanol–water partition coefficient (Wildman–Crippen LogP) is 3.76. The van der Waals surface area contributed by atoms with E-state index in [1.54, 1.807) is 29.2 Å². The molecule has 0 radical (unpaired) electrons. The predicted molar refractivity (Wildman–Crippen MR) is 110 cm³/mol. The standard InChI is InChI=1S/C20H21BrN4O3/c1-2-27-10-11-28-18-9-4-3-8-17(18)19(26)23-20-22-14-25(24-20)13-15-6-5-7-16(21)12-15/h3-9,12,14H,2,10-11,13H2,1H3,(H,23,24,26). The summed E-state index contributed by atoms with van der Waals surface area (Å²) >= 11 is 3.45. The van der Waals surface area contributed by atoms with E-state index in [0.717, 1.165) is 10.0 Å². The Balaban J connectivity index is 1.63. The average Bonchev–Trinajstić information content (AvgIpc) is 3.12. The van der Waals surface area contributed by atoms with Crippen molar-refractivity contribution in [2.24, 2.45) is 0 Å². The molecular formula is C20H21BrN4O3. The highest BCUT2D eigenvalue weighted by molar-refractivity contribution is 9.10. The van der Waals surface area contributed by atoms with E-state index >= 15 is 0 Å². The lowest BCUT2D eigenvalue weighted by molar-refractivity contribution is 0.0997. The number of amides is 1. The Kier molecular flexibility index (Phi) is 7.16. The first kappa shape index (κ1) is 20.0. The van der Waals surface area contributed by atoms with Crippen molar-refractivity contribution in [3.63, 3.8) is 0 Å². The minimum absolute atomic E-state index is 0.240. The maximum Gasteiger partial charge on any atom is 0.261 e. The van der Waals surface area contributed by atoms with Crippen LogP contribution in [0.5, 0.6) is 5.75 Å². The van der Waals surface area contributed by atoms with Gasteiger partial charge in [-0.15, -0.1) is 5.10 Å². The maximum absolute atomic E-state index is 12.6. The SMILES string of the molecule is CCOCCOc1ccccc1C(=O)Nc1ncn(Cc2cccc(Br)c2)n1. The van der Waals surface area contributed by atoms with Gasteiger partial charge in [0.25, 0.3) is 5.91 Å². The Morgan fingerprint density at radius 1 is 1.18 bits per heavy atom. The molecule has 2 aromatic carbocycles. The molecule has 0 fully saturated rings. The Bertz CT molecular complexity index is 929. The van der Waals surface area contributed by atoms with Crippen LogP contribution in [0.2, 0.25) is 0 Å². The third-order valence-electron chi connectivity index (χ3n) is 3.82. The monoisotopic (exact) mass is 444 g/mol.